The predicted molar refractivity (Wildman–Crippen MR) is 113 cm³/mol. The number of ether oxygens (including phenoxy) is 1. The van der Waals surface area contributed by atoms with Crippen LogP contribution >= 0.6 is 0 Å². The maximum atomic E-state index is 12.8. The van der Waals surface area contributed by atoms with E-state index in [4.69, 9.17) is 4.74 Å². The Morgan fingerprint density at radius 1 is 1.28 bits per heavy atom. The lowest BCUT2D eigenvalue weighted by Gasteiger charge is -2.36. The number of amides is 2. The maximum absolute atomic E-state index is 12.8. The van der Waals surface area contributed by atoms with Crippen molar-refractivity contribution in [2.75, 3.05) is 33.8 Å². The molecule has 2 saturated heterocycles. The van der Waals surface area contributed by atoms with Crippen LogP contribution in [0.1, 0.15) is 32.3 Å². The predicted octanol–water partition coefficient (Wildman–Crippen LogP) is 1.23. The van der Waals surface area contributed by atoms with Crippen LogP contribution in [-0.4, -0.2) is 73.5 Å². The third kappa shape index (κ3) is 5.28. The minimum absolute atomic E-state index is 0.0153. The molecule has 7 nitrogen and oxygen atoms in total. The quantitative estimate of drug-likeness (QED) is 0.650. The van der Waals surface area contributed by atoms with Gasteiger partial charge in [0.1, 0.15) is 24.4 Å². The molecule has 0 aliphatic carbocycles. The van der Waals surface area contributed by atoms with E-state index in [2.05, 4.69) is 27.7 Å². The Bertz CT molecular complexity index is 707. The van der Waals surface area contributed by atoms with Gasteiger partial charge in [0.05, 0.1) is 0 Å². The van der Waals surface area contributed by atoms with E-state index in [0.29, 0.717) is 26.1 Å². The highest BCUT2D eigenvalue weighted by Gasteiger charge is 2.47. The summed E-state index contributed by atoms with van der Waals surface area (Å²) in [5.41, 5.74) is 1.16. The van der Waals surface area contributed by atoms with Crippen LogP contribution in [0.25, 0.3) is 0 Å². The molecule has 2 heterocycles. The van der Waals surface area contributed by atoms with Crippen LogP contribution in [0.15, 0.2) is 24.3 Å². The van der Waals surface area contributed by atoms with Crippen LogP contribution in [0.4, 0.5) is 0 Å². The average molecular weight is 403 g/mol. The molecule has 2 fully saturated rings. The van der Waals surface area contributed by atoms with Crippen molar-refractivity contribution in [2.45, 2.75) is 51.4 Å². The monoisotopic (exact) mass is 402 g/mol. The second-order valence-electron chi connectivity index (χ2n) is 8.49. The summed E-state index contributed by atoms with van der Waals surface area (Å²) in [6, 6.07) is 7.47. The first kappa shape index (κ1) is 21.6. The summed E-state index contributed by atoms with van der Waals surface area (Å²) in [5.74, 6) is 1.07. The Morgan fingerprint density at radius 3 is 2.66 bits per heavy atom. The molecule has 4 atom stereocenters. The van der Waals surface area contributed by atoms with Crippen molar-refractivity contribution >= 4 is 11.8 Å². The molecule has 0 saturated carbocycles. The number of piperazine rings is 1. The minimum Gasteiger partial charge on any atom is -0.492 e. The maximum Gasteiger partial charge on any atom is 0.246 e. The zero-order valence-electron chi connectivity index (χ0n) is 18.0. The SMILES string of the molecule is CC[C@H](C)[C@@H]1NC(=O)[C@@H]2C[C@H](NCc3ccc(OCCN(C)C)cc3)CN2C1=O. The fourth-order valence-electron chi connectivity index (χ4n) is 3.90. The molecule has 0 bridgehead atoms. The molecule has 0 unspecified atom stereocenters. The Morgan fingerprint density at radius 2 is 2.00 bits per heavy atom. The molecule has 3 rings (SSSR count). The molecule has 2 aliphatic heterocycles. The van der Waals surface area contributed by atoms with Crippen molar-refractivity contribution in [1.82, 2.24) is 20.4 Å². The molecule has 1 aromatic rings. The van der Waals surface area contributed by atoms with Crippen molar-refractivity contribution in [3.63, 3.8) is 0 Å². The van der Waals surface area contributed by atoms with Crippen LogP contribution in [-0.2, 0) is 16.1 Å². The fraction of sp³-hybridized carbons (Fsp3) is 0.636. The Hall–Kier alpha value is -2.12. The Balaban J connectivity index is 1.50. The molecule has 0 radical (unpaired) electrons. The second-order valence-corrected chi connectivity index (χ2v) is 8.49. The molecule has 0 aromatic heterocycles. The van der Waals surface area contributed by atoms with E-state index in [1.54, 1.807) is 4.90 Å². The van der Waals surface area contributed by atoms with Gasteiger partial charge in [0.2, 0.25) is 11.8 Å². The topological polar surface area (TPSA) is 73.9 Å². The van der Waals surface area contributed by atoms with E-state index in [0.717, 1.165) is 24.3 Å². The summed E-state index contributed by atoms with van der Waals surface area (Å²) in [4.78, 5) is 29.2. The standard InChI is InChI=1S/C22H34N4O3/c1-5-15(2)20-22(28)26-14-17(12-19(26)21(27)24-20)23-13-16-6-8-18(9-7-16)29-11-10-25(3)4/h6-9,15,17,19-20,23H,5,10-14H2,1-4H3,(H,24,27)/t15-,17-,19-,20-/m0/s1. The fourth-order valence-corrected chi connectivity index (χ4v) is 3.90. The van der Waals surface area contributed by atoms with Gasteiger partial charge < -0.3 is 25.2 Å². The zero-order valence-corrected chi connectivity index (χ0v) is 18.0. The van der Waals surface area contributed by atoms with Gasteiger partial charge in [-0.25, -0.2) is 0 Å². The van der Waals surface area contributed by atoms with Crippen LogP contribution < -0.4 is 15.4 Å². The molecular formula is C22H34N4O3. The van der Waals surface area contributed by atoms with E-state index >= 15 is 0 Å². The number of hydrogen-bond acceptors (Lipinski definition) is 5. The first-order valence-corrected chi connectivity index (χ1v) is 10.6. The first-order chi connectivity index (χ1) is 13.9. The lowest BCUT2D eigenvalue weighted by molar-refractivity contribution is -0.148. The number of benzene rings is 1. The van der Waals surface area contributed by atoms with Gasteiger partial charge in [-0.1, -0.05) is 32.4 Å². The lowest BCUT2D eigenvalue weighted by Crippen LogP contribution is -2.62. The summed E-state index contributed by atoms with van der Waals surface area (Å²) >= 11 is 0. The van der Waals surface area contributed by atoms with E-state index in [9.17, 15) is 9.59 Å². The average Bonchev–Trinajstić information content (AvgIpc) is 3.14. The van der Waals surface area contributed by atoms with E-state index in [1.165, 1.54) is 0 Å². The molecule has 7 heteroatoms. The van der Waals surface area contributed by atoms with Crippen LogP contribution in [0, 0.1) is 5.92 Å². The van der Waals surface area contributed by atoms with Gasteiger partial charge in [0.25, 0.3) is 0 Å². The summed E-state index contributed by atoms with van der Waals surface area (Å²) in [7, 11) is 4.05. The highest BCUT2D eigenvalue weighted by molar-refractivity contribution is 5.97. The molecule has 2 amide bonds. The Labute approximate surface area is 173 Å². The van der Waals surface area contributed by atoms with Gasteiger partial charge in [0, 0.05) is 25.7 Å². The first-order valence-electron chi connectivity index (χ1n) is 10.6. The normalized spacial score (nSPS) is 25.1. The molecule has 2 N–H and O–H groups in total. The second kappa shape index (κ2) is 9.59. The number of carbonyl (C=O) groups excluding carboxylic acids is 2. The molecular weight excluding hydrogens is 368 g/mol. The van der Waals surface area contributed by atoms with Crippen LogP contribution in [0.5, 0.6) is 5.75 Å². The van der Waals surface area contributed by atoms with Crippen molar-refractivity contribution in [3.8, 4) is 5.75 Å². The lowest BCUT2D eigenvalue weighted by atomic mass is 9.95. The highest BCUT2D eigenvalue weighted by atomic mass is 16.5. The molecule has 1 aromatic carbocycles. The number of nitrogens with one attached hydrogen (secondary N) is 2. The van der Waals surface area contributed by atoms with E-state index < -0.39 is 0 Å². The molecule has 160 valence electrons. The van der Waals surface area contributed by atoms with Gasteiger partial charge in [-0.05, 0) is 44.1 Å². The van der Waals surface area contributed by atoms with Gasteiger partial charge in [-0.2, -0.15) is 0 Å². The summed E-state index contributed by atoms with van der Waals surface area (Å²) in [6.07, 6.45) is 1.53. The highest BCUT2D eigenvalue weighted by Crippen LogP contribution is 2.26. The van der Waals surface area contributed by atoms with Crippen molar-refractivity contribution in [1.29, 1.82) is 0 Å². The van der Waals surface area contributed by atoms with Gasteiger partial charge in [-0.15, -0.1) is 0 Å². The summed E-state index contributed by atoms with van der Waals surface area (Å²) in [6.45, 7) is 6.90. The summed E-state index contributed by atoms with van der Waals surface area (Å²) < 4.78 is 5.73. The molecule has 0 spiro atoms. The Kier molecular flexibility index (Phi) is 7.14. The number of likely N-dealkylation sites (N-methyl/N-ethyl adjacent to an activating group) is 1. The summed E-state index contributed by atoms with van der Waals surface area (Å²) in [5, 5.41) is 6.45. The van der Waals surface area contributed by atoms with E-state index in [1.807, 2.05) is 40.1 Å². The van der Waals surface area contributed by atoms with E-state index in [-0.39, 0.29) is 35.9 Å². The minimum atomic E-state index is -0.387. The van der Waals surface area contributed by atoms with Crippen molar-refractivity contribution in [2.24, 2.45) is 5.92 Å². The number of carbonyl (C=O) groups is 2. The molecule has 2 aliphatic rings. The molecule has 29 heavy (non-hydrogen) atoms. The van der Waals surface area contributed by atoms with Crippen LogP contribution in [0.3, 0.4) is 0 Å². The van der Waals surface area contributed by atoms with Crippen LogP contribution in [0.2, 0.25) is 0 Å². The largest absolute Gasteiger partial charge is 0.492 e. The number of hydrogen-bond donors (Lipinski definition) is 2. The van der Waals surface area contributed by atoms with Gasteiger partial charge in [0.15, 0.2) is 0 Å². The third-order valence-electron chi connectivity index (χ3n) is 5.99. The van der Waals surface area contributed by atoms with Gasteiger partial charge in [-0.3, -0.25) is 9.59 Å². The van der Waals surface area contributed by atoms with Crippen molar-refractivity contribution in [3.05, 3.63) is 29.8 Å². The number of rotatable bonds is 9. The number of fused-ring (bicyclic) bond motifs is 1. The third-order valence-corrected chi connectivity index (χ3v) is 5.99. The smallest absolute Gasteiger partial charge is 0.246 e. The van der Waals surface area contributed by atoms with Gasteiger partial charge >= 0.3 is 0 Å². The zero-order chi connectivity index (χ0) is 21.0. The number of nitrogens with zero attached hydrogens (tertiary/aromatic N) is 2. The van der Waals surface area contributed by atoms with Crippen molar-refractivity contribution < 1.29 is 14.3 Å².